The fourth-order valence-corrected chi connectivity index (χ4v) is 8.22. The molecule has 0 unspecified atom stereocenters. The Kier molecular flexibility index (Phi) is 7.65. The number of hydrogen-bond acceptors (Lipinski definition) is 6. The molecular weight excluding hydrogens is 595 g/mol. The van der Waals surface area contributed by atoms with Gasteiger partial charge in [-0.3, -0.25) is 9.20 Å². The molecule has 2 atom stereocenters. The Hall–Kier alpha value is -3.97. The highest BCUT2D eigenvalue weighted by Gasteiger charge is 2.39. The second-order valence-electron chi connectivity index (χ2n) is 11.6. The lowest BCUT2D eigenvalue weighted by molar-refractivity contribution is -0.145. The Morgan fingerprint density at radius 1 is 1.09 bits per heavy atom. The average Bonchev–Trinajstić information content (AvgIpc) is 3.40. The first-order valence-electron chi connectivity index (χ1n) is 14.4. The van der Waals surface area contributed by atoms with Crippen LogP contribution in [0.3, 0.4) is 0 Å². The number of carbonyl (C=O) groups is 1. The number of alkyl halides is 3. The molecule has 2 aromatic carbocycles. The maximum absolute atomic E-state index is 14.0. The maximum Gasteiger partial charge on any atom is 0.452 e. The third kappa shape index (κ3) is 5.32. The average molecular weight is 628 g/mol. The molecule has 9 nitrogen and oxygen atoms in total. The molecule has 0 saturated carbocycles. The number of pyridine rings is 1. The number of carboxylic acids is 1. The molecule has 13 heteroatoms. The van der Waals surface area contributed by atoms with Gasteiger partial charge in [0, 0.05) is 37.8 Å². The minimum atomic E-state index is -4.71. The van der Waals surface area contributed by atoms with E-state index in [9.17, 15) is 31.5 Å². The second kappa shape index (κ2) is 11.2. The number of halogens is 3. The number of aromatic nitrogens is 3. The summed E-state index contributed by atoms with van der Waals surface area (Å²) in [5.74, 6) is -2.97. The summed E-state index contributed by atoms with van der Waals surface area (Å²) in [5, 5.41) is 16.9. The van der Waals surface area contributed by atoms with Crippen LogP contribution in [-0.2, 0) is 27.5 Å². The minimum absolute atomic E-state index is 0.0103. The lowest BCUT2D eigenvalue weighted by atomic mass is 9.85. The number of fused-ring (bicyclic) bond motifs is 4. The molecule has 232 valence electrons. The Bertz CT molecular complexity index is 1860. The number of carboxylic acid groups (broad SMARTS) is 1. The Morgan fingerprint density at radius 3 is 2.61 bits per heavy atom. The van der Waals surface area contributed by atoms with Gasteiger partial charge in [0.25, 0.3) is 0 Å². The van der Waals surface area contributed by atoms with E-state index in [1.807, 2.05) is 31.2 Å². The zero-order valence-electron chi connectivity index (χ0n) is 24.3. The van der Waals surface area contributed by atoms with E-state index in [0.29, 0.717) is 23.2 Å². The normalized spacial score (nSPS) is 19.3. The van der Waals surface area contributed by atoms with Crippen molar-refractivity contribution < 1.29 is 31.5 Å². The molecule has 0 spiro atoms. The van der Waals surface area contributed by atoms with Gasteiger partial charge in [0.1, 0.15) is 4.90 Å². The number of hydrogen-bond donors (Lipinski definition) is 1. The van der Waals surface area contributed by atoms with Crippen molar-refractivity contribution in [3.8, 4) is 0 Å². The highest BCUT2D eigenvalue weighted by Crippen LogP contribution is 2.38. The van der Waals surface area contributed by atoms with Crippen molar-refractivity contribution in [1.82, 2.24) is 18.9 Å². The van der Waals surface area contributed by atoms with Crippen molar-refractivity contribution in [2.45, 2.75) is 69.1 Å². The predicted molar refractivity (Wildman–Crippen MR) is 157 cm³/mol. The Morgan fingerprint density at radius 2 is 1.86 bits per heavy atom. The lowest BCUT2D eigenvalue weighted by Gasteiger charge is -2.37. The standard InChI is InChI=1S/C31H32F3N5O4S/c1-19-10-11-21(25(16-28(40)41)24-12-14-39-29(20(24)2)35-36-30(39)31(32,33)34)15-22(19)17-37-18-23-7-5-6-13-38(23)26-8-3-4-9-27(26)44(37,42)43/h3-4,8-12,14-15,23,25H,5-7,13,16-18H2,1-2H3,(H,40,41)/t23-,25-/m0/s1. The molecule has 0 amide bonds. The minimum Gasteiger partial charge on any atom is -0.481 e. The van der Waals surface area contributed by atoms with Crippen molar-refractivity contribution in [3.63, 3.8) is 0 Å². The van der Waals surface area contributed by atoms with Crippen LogP contribution in [-0.4, -0.2) is 57.5 Å². The summed E-state index contributed by atoms with van der Waals surface area (Å²) in [6, 6.07) is 14.0. The van der Waals surface area contributed by atoms with E-state index in [1.54, 1.807) is 25.1 Å². The third-order valence-electron chi connectivity index (χ3n) is 8.83. The number of piperidine rings is 1. The van der Waals surface area contributed by atoms with Gasteiger partial charge >= 0.3 is 12.1 Å². The van der Waals surface area contributed by atoms with E-state index in [-0.39, 0.29) is 29.6 Å². The van der Waals surface area contributed by atoms with Crippen LogP contribution in [0.5, 0.6) is 0 Å². The van der Waals surface area contributed by atoms with Gasteiger partial charge in [0.05, 0.1) is 12.1 Å². The second-order valence-corrected chi connectivity index (χ2v) is 13.5. The smallest absolute Gasteiger partial charge is 0.452 e. The summed E-state index contributed by atoms with van der Waals surface area (Å²) >= 11 is 0. The summed E-state index contributed by atoms with van der Waals surface area (Å²) < 4.78 is 70.8. The van der Waals surface area contributed by atoms with Gasteiger partial charge in [-0.1, -0.05) is 30.3 Å². The first kappa shape index (κ1) is 30.1. The van der Waals surface area contributed by atoms with E-state index in [0.717, 1.165) is 47.0 Å². The van der Waals surface area contributed by atoms with Crippen molar-refractivity contribution in [2.75, 3.05) is 18.0 Å². The zero-order chi connectivity index (χ0) is 31.4. The molecule has 6 rings (SSSR count). The SMILES string of the molecule is Cc1ccc([C@H](CC(=O)O)c2ccn3c(C(F)(F)F)nnc3c2C)cc1CN1C[C@@H]2CCCCN2c2ccccc2S1(=O)=O. The Balaban J connectivity index is 1.40. The number of benzene rings is 2. The quantitative estimate of drug-likeness (QED) is 0.299. The van der Waals surface area contributed by atoms with Gasteiger partial charge in [-0.2, -0.15) is 17.5 Å². The molecule has 44 heavy (non-hydrogen) atoms. The summed E-state index contributed by atoms with van der Waals surface area (Å²) in [7, 11) is -3.85. The lowest BCUT2D eigenvalue weighted by Crippen LogP contribution is -2.45. The summed E-state index contributed by atoms with van der Waals surface area (Å²) in [6.45, 7) is 4.68. The van der Waals surface area contributed by atoms with Crippen molar-refractivity contribution in [3.05, 3.63) is 88.4 Å². The number of para-hydroxylation sites is 1. The number of sulfonamides is 1. The predicted octanol–water partition coefficient (Wildman–Crippen LogP) is 5.53. The van der Waals surface area contributed by atoms with E-state index < -0.39 is 33.9 Å². The van der Waals surface area contributed by atoms with Gasteiger partial charge in [-0.15, -0.1) is 10.2 Å². The maximum atomic E-state index is 14.0. The number of anilines is 1. The molecule has 1 N–H and O–H groups in total. The van der Waals surface area contributed by atoms with Crippen molar-refractivity contribution in [1.29, 1.82) is 0 Å². The third-order valence-corrected chi connectivity index (χ3v) is 10.7. The molecular formula is C31H32F3N5O4S. The molecule has 2 aliphatic heterocycles. The van der Waals surface area contributed by atoms with Crippen LogP contribution >= 0.6 is 0 Å². The molecule has 0 bridgehead atoms. The van der Waals surface area contributed by atoms with Crippen LogP contribution in [0.25, 0.3) is 5.65 Å². The van der Waals surface area contributed by atoms with Crippen LogP contribution in [0.4, 0.5) is 18.9 Å². The van der Waals surface area contributed by atoms with Crippen molar-refractivity contribution in [2.24, 2.45) is 0 Å². The van der Waals surface area contributed by atoms with E-state index in [2.05, 4.69) is 15.1 Å². The molecule has 0 radical (unpaired) electrons. The number of aliphatic carboxylic acids is 1. The molecule has 1 fully saturated rings. The largest absolute Gasteiger partial charge is 0.481 e. The number of nitrogens with zero attached hydrogens (tertiary/aromatic N) is 5. The Labute approximate surface area is 253 Å². The van der Waals surface area contributed by atoms with Gasteiger partial charge in [-0.05, 0) is 79.1 Å². The van der Waals surface area contributed by atoms with Crippen LogP contribution < -0.4 is 4.90 Å². The molecule has 2 aliphatic rings. The first-order valence-corrected chi connectivity index (χ1v) is 15.9. The summed E-state index contributed by atoms with van der Waals surface area (Å²) in [4.78, 5) is 14.5. The van der Waals surface area contributed by atoms with Crippen LogP contribution in [0, 0.1) is 13.8 Å². The molecule has 0 aliphatic carbocycles. The van der Waals surface area contributed by atoms with E-state index in [1.165, 1.54) is 16.6 Å². The van der Waals surface area contributed by atoms with Gasteiger partial charge in [0.2, 0.25) is 15.8 Å². The highest BCUT2D eigenvalue weighted by atomic mass is 32.2. The zero-order valence-corrected chi connectivity index (χ0v) is 25.1. The molecule has 4 heterocycles. The molecule has 2 aromatic heterocycles. The van der Waals surface area contributed by atoms with Crippen LogP contribution in [0.2, 0.25) is 0 Å². The number of aryl methyl sites for hydroxylation is 2. The fourth-order valence-electron chi connectivity index (χ4n) is 6.56. The first-order chi connectivity index (χ1) is 20.9. The van der Waals surface area contributed by atoms with Crippen LogP contribution in [0.15, 0.2) is 59.6 Å². The van der Waals surface area contributed by atoms with Gasteiger partial charge in [0.15, 0.2) is 5.65 Å². The fraction of sp³-hybridized carbons (Fsp3) is 0.387. The molecule has 4 aromatic rings. The van der Waals surface area contributed by atoms with Gasteiger partial charge < -0.3 is 10.0 Å². The summed E-state index contributed by atoms with van der Waals surface area (Å²) in [5.41, 5.74) is 3.78. The summed E-state index contributed by atoms with van der Waals surface area (Å²) in [6.07, 6.45) is -0.936. The number of rotatable bonds is 6. The monoisotopic (exact) mass is 627 g/mol. The highest BCUT2D eigenvalue weighted by molar-refractivity contribution is 7.89. The topological polar surface area (TPSA) is 108 Å². The molecule has 1 saturated heterocycles. The van der Waals surface area contributed by atoms with E-state index >= 15 is 0 Å². The van der Waals surface area contributed by atoms with Gasteiger partial charge in [-0.25, -0.2) is 8.42 Å². The van der Waals surface area contributed by atoms with E-state index in [4.69, 9.17) is 0 Å². The van der Waals surface area contributed by atoms with Crippen LogP contribution in [0.1, 0.15) is 65.2 Å². The van der Waals surface area contributed by atoms with Crippen molar-refractivity contribution >= 4 is 27.3 Å².